The van der Waals surface area contributed by atoms with Crippen molar-refractivity contribution in [1.29, 1.82) is 0 Å². The van der Waals surface area contributed by atoms with Gasteiger partial charge in [0.05, 0.1) is 0 Å². The summed E-state index contributed by atoms with van der Waals surface area (Å²) >= 11 is 6.04. The van der Waals surface area contributed by atoms with Crippen molar-refractivity contribution >= 4 is 17.5 Å². The monoisotopic (exact) mass is 399 g/mol. The van der Waals surface area contributed by atoms with Gasteiger partial charge in [-0.15, -0.1) is 0 Å². The Bertz CT molecular complexity index is 964. The molecule has 0 bridgehead atoms. The minimum atomic E-state index is -0.315. The number of aromatic nitrogens is 2. The van der Waals surface area contributed by atoms with E-state index in [0.29, 0.717) is 29.7 Å². The van der Waals surface area contributed by atoms with Gasteiger partial charge in [-0.2, -0.15) is 4.98 Å². The number of amides is 1. The van der Waals surface area contributed by atoms with Gasteiger partial charge in [-0.3, -0.25) is 4.79 Å². The molecular weight excluding hydrogens is 381 g/mol. The van der Waals surface area contributed by atoms with Gasteiger partial charge in [0.2, 0.25) is 5.88 Å². The van der Waals surface area contributed by atoms with Crippen molar-refractivity contribution in [3.05, 3.63) is 76.7 Å². The predicted molar refractivity (Wildman–Crippen MR) is 106 cm³/mol. The average molecular weight is 400 g/mol. The molecule has 144 valence electrons. The van der Waals surface area contributed by atoms with Crippen LogP contribution in [0.25, 0.3) is 11.4 Å². The van der Waals surface area contributed by atoms with E-state index in [1.54, 1.807) is 30.3 Å². The lowest BCUT2D eigenvalue weighted by Crippen LogP contribution is -2.28. The first-order valence-corrected chi connectivity index (χ1v) is 9.19. The summed E-state index contributed by atoms with van der Waals surface area (Å²) < 4.78 is 18.5. The Morgan fingerprint density at radius 1 is 1.14 bits per heavy atom. The van der Waals surface area contributed by atoms with Crippen LogP contribution in [0.15, 0.2) is 54.6 Å². The summed E-state index contributed by atoms with van der Waals surface area (Å²) in [6.45, 7) is 2.08. The van der Waals surface area contributed by atoms with E-state index >= 15 is 0 Å². The van der Waals surface area contributed by atoms with E-state index in [1.807, 2.05) is 19.1 Å². The molecule has 0 spiro atoms. The van der Waals surface area contributed by atoms with Crippen LogP contribution in [0.5, 0.6) is 5.88 Å². The number of carbonyl (C=O) groups is 1. The highest BCUT2D eigenvalue weighted by atomic mass is 35.5. The summed E-state index contributed by atoms with van der Waals surface area (Å²) in [5.74, 6) is 0.192. The maximum absolute atomic E-state index is 12.9. The first-order valence-electron chi connectivity index (χ1n) is 8.81. The molecule has 0 atom stereocenters. The molecule has 3 rings (SSSR count). The molecule has 1 heterocycles. The fourth-order valence-corrected chi connectivity index (χ4v) is 2.67. The van der Waals surface area contributed by atoms with Crippen molar-refractivity contribution in [1.82, 2.24) is 15.3 Å². The quantitative estimate of drug-likeness (QED) is 0.647. The van der Waals surface area contributed by atoms with Gasteiger partial charge in [-0.25, -0.2) is 9.37 Å². The second kappa shape index (κ2) is 9.28. The molecule has 0 radical (unpaired) electrons. The Morgan fingerprint density at radius 3 is 2.64 bits per heavy atom. The van der Waals surface area contributed by atoms with Crippen molar-refractivity contribution in [2.45, 2.75) is 19.9 Å². The number of benzene rings is 2. The minimum absolute atomic E-state index is 0.184. The molecule has 28 heavy (non-hydrogen) atoms. The number of rotatable bonds is 7. The van der Waals surface area contributed by atoms with Crippen LogP contribution in [0, 0.1) is 5.82 Å². The lowest BCUT2D eigenvalue weighted by atomic mass is 10.2. The van der Waals surface area contributed by atoms with Gasteiger partial charge in [0, 0.05) is 28.9 Å². The zero-order valence-electron chi connectivity index (χ0n) is 15.3. The molecule has 0 aliphatic rings. The summed E-state index contributed by atoms with van der Waals surface area (Å²) in [6.07, 6.45) is 0.698. The number of nitrogens with one attached hydrogen (secondary N) is 1. The van der Waals surface area contributed by atoms with Crippen LogP contribution in [0.1, 0.15) is 18.2 Å². The van der Waals surface area contributed by atoms with E-state index in [0.717, 1.165) is 16.8 Å². The normalized spacial score (nSPS) is 10.5. The molecule has 0 unspecified atom stereocenters. The maximum Gasteiger partial charge on any atom is 0.258 e. The second-order valence-corrected chi connectivity index (χ2v) is 6.51. The fraction of sp³-hybridized carbons (Fsp3) is 0.190. The van der Waals surface area contributed by atoms with Crippen LogP contribution < -0.4 is 10.1 Å². The van der Waals surface area contributed by atoms with E-state index < -0.39 is 0 Å². The molecule has 1 aromatic heterocycles. The van der Waals surface area contributed by atoms with Gasteiger partial charge in [0.1, 0.15) is 5.82 Å². The SMILES string of the molecule is CCc1cc(OCC(=O)NCc2ccc(F)cc2)nc(-c2cccc(Cl)c2)n1. The Balaban J connectivity index is 1.64. The summed E-state index contributed by atoms with van der Waals surface area (Å²) in [4.78, 5) is 20.9. The standard InChI is InChI=1S/C21H19ClFN3O2/c1-2-18-11-20(26-21(25-18)15-4-3-5-16(22)10-15)28-13-19(27)24-12-14-6-8-17(23)9-7-14/h3-11H,2,12-13H2,1H3,(H,24,27). The molecule has 0 aliphatic carbocycles. The first kappa shape index (κ1) is 19.8. The van der Waals surface area contributed by atoms with E-state index in [1.165, 1.54) is 12.1 Å². The van der Waals surface area contributed by atoms with Crippen LogP contribution in [0.2, 0.25) is 5.02 Å². The fourth-order valence-electron chi connectivity index (χ4n) is 2.48. The second-order valence-electron chi connectivity index (χ2n) is 6.08. The van der Waals surface area contributed by atoms with Crippen LogP contribution in [-0.4, -0.2) is 22.5 Å². The average Bonchev–Trinajstić information content (AvgIpc) is 2.71. The van der Waals surface area contributed by atoms with Gasteiger partial charge in [-0.05, 0) is 36.2 Å². The summed E-state index contributed by atoms with van der Waals surface area (Å²) in [7, 11) is 0. The number of hydrogen-bond acceptors (Lipinski definition) is 4. The summed E-state index contributed by atoms with van der Waals surface area (Å²) in [6, 6.07) is 14.9. The first-order chi connectivity index (χ1) is 13.5. The molecule has 0 saturated carbocycles. The largest absolute Gasteiger partial charge is 0.467 e. The number of aryl methyl sites for hydroxylation is 1. The molecule has 0 aliphatic heterocycles. The summed E-state index contributed by atoms with van der Waals surface area (Å²) in [5.41, 5.74) is 2.37. The van der Waals surface area contributed by atoms with E-state index in [4.69, 9.17) is 16.3 Å². The van der Waals surface area contributed by atoms with Crippen LogP contribution in [0.3, 0.4) is 0 Å². The molecule has 2 aromatic carbocycles. The van der Waals surface area contributed by atoms with Gasteiger partial charge in [-0.1, -0.05) is 42.8 Å². The van der Waals surface area contributed by atoms with Crippen molar-refractivity contribution < 1.29 is 13.9 Å². The molecule has 0 fully saturated rings. The molecular formula is C21H19ClFN3O2. The van der Waals surface area contributed by atoms with Gasteiger partial charge < -0.3 is 10.1 Å². The van der Waals surface area contributed by atoms with Crippen molar-refractivity contribution in [2.24, 2.45) is 0 Å². The number of nitrogens with zero attached hydrogens (tertiary/aromatic N) is 2. The van der Waals surface area contributed by atoms with Gasteiger partial charge in [0.25, 0.3) is 5.91 Å². The minimum Gasteiger partial charge on any atom is -0.467 e. The van der Waals surface area contributed by atoms with Crippen LogP contribution >= 0.6 is 11.6 Å². The highest BCUT2D eigenvalue weighted by molar-refractivity contribution is 6.30. The van der Waals surface area contributed by atoms with E-state index in [2.05, 4.69) is 15.3 Å². The van der Waals surface area contributed by atoms with E-state index in [9.17, 15) is 9.18 Å². The maximum atomic E-state index is 12.9. The predicted octanol–water partition coefficient (Wildman–Crippen LogP) is 4.19. The van der Waals surface area contributed by atoms with Crippen molar-refractivity contribution in [2.75, 3.05) is 6.61 Å². The smallest absolute Gasteiger partial charge is 0.258 e. The van der Waals surface area contributed by atoms with Crippen molar-refractivity contribution in [3.8, 4) is 17.3 Å². The zero-order valence-corrected chi connectivity index (χ0v) is 16.0. The Morgan fingerprint density at radius 2 is 1.93 bits per heavy atom. The number of hydrogen-bond donors (Lipinski definition) is 1. The van der Waals surface area contributed by atoms with Crippen molar-refractivity contribution in [3.63, 3.8) is 0 Å². The number of halogens is 2. The summed E-state index contributed by atoms with van der Waals surface area (Å²) in [5, 5.41) is 3.31. The van der Waals surface area contributed by atoms with Gasteiger partial charge in [0.15, 0.2) is 12.4 Å². The van der Waals surface area contributed by atoms with Crippen LogP contribution in [-0.2, 0) is 17.8 Å². The van der Waals surface area contributed by atoms with Gasteiger partial charge >= 0.3 is 0 Å². The Kier molecular flexibility index (Phi) is 6.55. The topological polar surface area (TPSA) is 64.1 Å². The lowest BCUT2D eigenvalue weighted by molar-refractivity contribution is -0.123. The molecule has 1 N–H and O–H groups in total. The third kappa shape index (κ3) is 5.50. The third-order valence-corrected chi connectivity index (χ3v) is 4.19. The highest BCUT2D eigenvalue weighted by Gasteiger charge is 2.10. The third-order valence-electron chi connectivity index (χ3n) is 3.95. The molecule has 1 amide bonds. The molecule has 3 aromatic rings. The number of carbonyl (C=O) groups excluding carboxylic acids is 1. The lowest BCUT2D eigenvalue weighted by Gasteiger charge is -2.10. The highest BCUT2D eigenvalue weighted by Crippen LogP contribution is 2.22. The zero-order chi connectivity index (χ0) is 19.9. The molecule has 5 nitrogen and oxygen atoms in total. The van der Waals surface area contributed by atoms with E-state index in [-0.39, 0.29) is 18.3 Å². The Hall–Kier alpha value is -2.99. The molecule has 7 heteroatoms. The number of ether oxygens (including phenoxy) is 1. The molecule has 0 saturated heterocycles. The van der Waals surface area contributed by atoms with Crippen LogP contribution in [0.4, 0.5) is 4.39 Å². The Labute approximate surface area is 167 Å².